The second kappa shape index (κ2) is 9.40. The van der Waals surface area contributed by atoms with Gasteiger partial charge in [-0.05, 0) is 25.5 Å². The van der Waals surface area contributed by atoms with E-state index in [1.165, 1.54) is 6.42 Å². The number of hydrogen-bond donors (Lipinski definition) is 1. The van der Waals surface area contributed by atoms with Gasteiger partial charge in [0.25, 0.3) is 0 Å². The van der Waals surface area contributed by atoms with Gasteiger partial charge in [0.05, 0.1) is 0 Å². The van der Waals surface area contributed by atoms with E-state index in [2.05, 4.69) is 6.92 Å². The summed E-state index contributed by atoms with van der Waals surface area (Å²) >= 11 is 0. The minimum absolute atomic E-state index is 0.300. The Balaban J connectivity index is 2.71. The number of benzene rings is 1. The first-order chi connectivity index (χ1) is 10.1. The van der Waals surface area contributed by atoms with Gasteiger partial charge in [0, 0.05) is 13.0 Å². The van der Waals surface area contributed by atoms with Gasteiger partial charge in [-0.1, -0.05) is 50.8 Å². The molecule has 1 unspecified atom stereocenters. The molecule has 1 atom stereocenters. The van der Waals surface area contributed by atoms with Crippen LogP contribution >= 0.6 is 0 Å². The summed E-state index contributed by atoms with van der Waals surface area (Å²) in [5, 5.41) is 9.57. The quantitative estimate of drug-likeness (QED) is 0.490. The Morgan fingerprint density at radius 3 is 2.33 bits per heavy atom. The van der Waals surface area contributed by atoms with Gasteiger partial charge in [-0.2, -0.15) is 0 Å². The van der Waals surface area contributed by atoms with Gasteiger partial charge in [0.2, 0.25) is 0 Å². The highest BCUT2D eigenvalue weighted by atomic mass is 16.7. The van der Waals surface area contributed by atoms with E-state index in [-0.39, 0.29) is 0 Å². The molecule has 0 aliphatic heterocycles. The lowest BCUT2D eigenvalue weighted by molar-refractivity contribution is -0.213. The molecule has 0 fully saturated rings. The van der Waals surface area contributed by atoms with Crippen LogP contribution in [0.25, 0.3) is 0 Å². The first-order valence-electron chi connectivity index (χ1n) is 7.76. The van der Waals surface area contributed by atoms with Crippen LogP contribution in [0.2, 0.25) is 0 Å². The molecule has 4 heteroatoms. The smallest absolute Gasteiger partial charge is 0.377 e. The Kier molecular flexibility index (Phi) is 7.83. The molecule has 21 heavy (non-hydrogen) atoms. The second-order valence-electron chi connectivity index (χ2n) is 5.07. The maximum atomic E-state index is 11.7. The average Bonchev–Trinajstić information content (AvgIpc) is 2.48. The molecule has 0 spiro atoms. The molecule has 1 N–H and O–H groups in total. The molecule has 0 radical (unpaired) electrons. The van der Waals surface area contributed by atoms with Crippen molar-refractivity contribution in [3.05, 3.63) is 30.3 Å². The molecule has 0 heterocycles. The molecule has 0 aliphatic carbocycles. The van der Waals surface area contributed by atoms with Crippen LogP contribution in [-0.4, -0.2) is 23.5 Å². The van der Waals surface area contributed by atoms with E-state index >= 15 is 0 Å². The third-order valence-corrected chi connectivity index (χ3v) is 3.34. The van der Waals surface area contributed by atoms with Crippen LogP contribution < -0.4 is 4.74 Å². The minimum atomic E-state index is -1.58. The maximum absolute atomic E-state index is 11.7. The van der Waals surface area contributed by atoms with Crippen LogP contribution in [0.15, 0.2) is 30.3 Å². The van der Waals surface area contributed by atoms with Crippen LogP contribution in [0.4, 0.5) is 0 Å². The Bertz CT molecular complexity index is 405. The average molecular weight is 294 g/mol. The zero-order valence-electron chi connectivity index (χ0n) is 13.0. The number of para-hydroxylation sites is 1. The zero-order chi connectivity index (χ0) is 15.6. The first kappa shape index (κ1) is 17.5. The summed E-state index contributed by atoms with van der Waals surface area (Å²) in [6.45, 7) is 4.23. The van der Waals surface area contributed by atoms with Gasteiger partial charge in [-0.15, -0.1) is 0 Å². The number of hydrogen-bond acceptors (Lipinski definition) is 3. The predicted molar refractivity (Wildman–Crippen MR) is 82.4 cm³/mol. The minimum Gasteiger partial charge on any atom is -0.476 e. The molecule has 1 aromatic rings. The summed E-state index contributed by atoms with van der Waals surface area (Å²) in [5.41, 5.74) is 0. The number of aliphatic carboxylic acids is 1. The molecule has 0 aliphatic rings. The van der Waals surface area contributed by atoms with Gasteiger partial charge in [-0.3, -0.25) is 0 Å². The van der Waals surface area contributed by atoms with Crippen LogP contribution in [0.3, 0.4) is 0 Å². The molecule has 0 saturated carbocycles. The standard InChI is InChI=1S/C17H26O4/c1-3-5-6-7-11-14-17(16(18)19,20-4-2)21-15-12-9-8-10-13-15/h8-10,12-13H,3-7,11,14H2,1-2H3,(H,18,19). The molecule has 0 aromatic heterocycles. The SMILES string of the molecule is CCCCCCCC(OCC)(Oc1ccccc1)C(=O)O. The number of unbranched alkanes of at least 4 members (excludes halogenated alkanes) is 4. The van der Waals surface area contributed by atoms with Gasteiger partial charge in [0.15, 0.2) is 0 Å². The Morgan fingerprint density at radius 2 is 1.76 bits per heavy atom. The summed E-state index contributed by atoms with van der Waals surface area (Å²) in [6, 6.07) is 8.98. The lowest BCUT2D eigenvalue weighted by Gasteiger charge is -2.29. The number of carboxylic acids is 1. The maximum Gasteiger partial charge on any atom is 0.377 e. The molecular formula is C17H26O4. The van der Waals surface area contributed by atoms with Gasteiger partial charge in [0.1, 0.15) is 5.75 Å². The van der Waals surface area contributed by atoms with Crippen LogP contribution in [0.5, 0.6) is 5.75 Å². The largest absolute Gasteiger partial charge is 0.476 e. The highest BCUT2D eigenvalue weighted by Gasteiger charge is 2.41. The normalized spacial score (nSPS) is 13.6. The van der Waals surface area contributed by atoms with Crippen molar-refractivity contribution in [2.45, 2.75) is 58.2 Å². The van der Waals surface area contributed by atoms with Crippen molar-refractivity contribution in [2.75, 3.05) is 6.61 Å². The van der Waals surface area contributed by atoms with Crippen molar-refractivity contribution in [1.29, 1.82) is 0 Å². The predicted octanol–water partition coefficient (Wildman–Crippen LogP) is 4.24. The summed E-state index contributed by atoms with van der Waals surface area (Å²) < 4.78 is 11.2. The van der Waals surface area contributed by atoms with E-state index in [9.17, 15) is 9.90 Å². The molecule has 1 rings (SSSR count). The molecule has 118 valence electrons. The molecule has 1 aromatic carbocycles. The van der Waals surface area contributed by atoms with E-state index in [1.807, 2.05) is 18.2 Å². The van der Waals surface area contributed by atoms with Gasteiger partial charge in [-0.25, -0.2) is 4.79 Å². The van der Waals surface area contributed by atoms with Crippen molar-refractivity contribution < 1.29 is 19.4 Å². The summed E-state index contributed by atoms with van der Waals surface area (Å²) in [7, 11) is 0. The number of carbonyl (C=O) groups is 1. The van der Waals surface area contributed by atoms with E-state index in [4.69, 9.17) is 9.47 Å². The summed E-state index contributed by atoms with van der Waals surface area (Å²) in [6.07, 6.45) is 5.58. The third kappa shape index (κ3) is 5.76. The van der Waals surface area contributed by atoms with Crippen molar-refractivity contribution in [1.82, 2.24) is 0 Å². The molecule has 0 bridgehead atoms. The lowest BCUT2D eigenvalue weighted by Crippen LogP contribution is -2.47. The summed E-state index contributed by atoms with van der Waals surface area (Å²) in [5.74, 6) is -2.13. The van der Waals surface area contributed by atoms with Crippen molar-refractivity contribution >= 4 is 5.97 Å². The Hall–Kier alpha value is -1.55. The van der Waals surface area contributed by atoms with Crippen LogP contribution in [-0.2, 0) is 9.53 Å². The fourth-order valence-electron chi connectivity index (χ4n) is 2.24. The molecule has 0 saturated heterocycles. The molecular weight excluding hydrogens is 268 g/mol. The first-order valence-corrected chi connectivity index (χ1v) is 7.76. The third-order valence-electron chi connectivity index (χ3n) is 3.34. The van der Waals surface area contributed by atoms with E-state index in [0.29, 0.717) is 18.8 Å². The molecule has 0 amide bonds. The lowest BCUT2D eigenvalue weighted by atomic mass is 10.1. The van der Waals surface area contributed by atoms with E-state index < -0.39 is 11.8 Å². The summed E-state index contributed by atoms with van der Waals surface area (Å²) in [4.78, 5) is 11.7. The van der Waals surface area contributed by atoms with Crippen molar-refractivity contribution in [3.63, 3.8) is 0 Å². The van der Waals surface area contributed by atoms with E-state index in [0.717, 1.165) is 25.7 Å². The number of rotatable bonds is 11. The van der Waals surface area contributed by atoms with E-state index in [1.54, 1.807) is 19.1 Å². The van der Waals surface area contributed by atoms with Crippen molar-refractivity contribution in [3.8, 4) is 5.75 Å². The van der Waals surface area contributed by atoms with Crippen LogP contribution in [0.1, 0.15) is 52.4 Å². The topological polar surface area (TPSA) is 55.8 Å². The fraction of sp³-hybridized carbons (Fsp3) is 0.588. The van der Waals surface area contributed by atoms with Crippen LogP contribution in [0, 0.1) is 0 Å². The highest BCUT2D eigenvalue weighted by molar-refractivity contribution is 5.76. The number of ether oxygens (including phenoxy) is 2. The zero-order valence-corrected chi connectivity index (χ0v) is 13.0. The second-order valence-corrected chi connectivity index (χ2v) is 5.07. The highest BCUT2D eigenvalue weighted by Crippen LogP contribution is 2.26. The number of carboxylic acid groups (broad SMARTS) is 1. The van der Waals surface area contributed by atoms with Gasteiger partial charge < -0.3 is 14.6 Å². The molecule has 4 nitrogen and oxygen atoms in total. The monoisotopic (exact) mass is 294 g/mol. The van der Waals surface area contributed by atoms with Crippen molar-refractivity contribution in [2.24, 2.45) is 0 Å². The Labute approximate surface area is 127 Å². The fourth-order valence-corrected chi connectivity index (χ4v) is 2.24. The Morgan fingerprint density at radius 1 is 1.10 bits per heavy atom. The van der Waals surface area contributed by atoms with Gasteiger partial charge >= 0.3 is 11.8 Å².